The van der Waals surface area contributed by atoms with E-state index in [2.05, 4.69) is 17.0 Å². The van der Waals surface area contributed by atoms with Crippen LogP contribution in [-0.4, -0.2) is 32.1 Å². The van der Waals surface area contributed by atoms with Crippen LogP contribution in [0.4, 0.5) is 4.39 Å². The summed E-state index contributed by atoms with van der Waals surface area (Å²) in [6.45, 7) is 6.43. The molecule has 3 aromatic heterocycles. The van der Waals surface area contributed by atoms with E-state index in [0.29, 0.717) is 40.0 Å². The summed E-state index contributed by atoms with van der Waals surface area (Å²) >= 11 is 1.60. The fraction of sp³-hybridized carbons (Fsp3) is 0.318. The molecule has 8 heteroatoms. The van der Waals surface area contributed by atoms with E-state index in [0.717, 1.165) is 23.6 Å². The molecule has 0 aliphatic rings. The molecule has 0 saturated carbocycles. The fourth-order valence-corrected chi connectivity index (χ4v) is 4.02. The second-order valence-corrected chi connectivity index (χ2v) is 8.25. The molecule has 0 fully saturated rings. The van der Waals surface area contributed by atoms with Crippen LogP contribution in [0, 0.1) is 12.7 Å². The number of nitrogens with zero attached hydrogens (tertiary/aromatic N) is 3. The number of unbranched alkanes of at least 4 members (excludes halogenated alkanes) is 1. The number of pyridine rings is 2. The summed E-state index contributed by atoms with van der Waals surface area (Å²) in [4.78, 5) is 20.3. The Morgan fingerprint density at radius 1 is 1.23 bits per heavy atom. The van der Waals surface area contributed by atoms with Gasteiger partial charge in [-0.05, 0) is 43.4 Å². The highest BCUT2D eigenvalue weighted by Crippen LogP contribution is 2.29. The van der Waals surface area contributed by atoms with Crippen molar-refractivity contribution >= 4 is 33.7 Å². The zero-order valence-corrected chi connectivity index (χ0v) is 18.0. The Labute approximate surface area is 177 Å². The van der Waals surface area contributed by atoms with Gasteiger partial charge >= 0.3 is 0 Å². The van der Waals surface area contributed by atoms with Gasteiger partial charge in [-0.2, -0.15) is 5.10 Å². The molecule has 1 aromatic carbocycles. The summed E-state index contributed by atoms with van der Waals surface area (Å²) in [7, 11) is 0. The third kappa shape index (κ3) is 3.67. The SMILES string of the molecule is CCCCOc1ccc(F)c(-n2nc(C)c3c(=O)[nH]c4ccc(SCC)nc4c32)c1. The highest BCUT2D eigenvalue weighted by molar-refractivity contribution is 7.99. The highest BCUT2D eigenvalue weighted by atomic mass is 32.2. The van der Waals surface area contributed by atoms with Gasteiger partial charge < -0.3 is 9.72 Å². The van der Waals surface area contributed by atoms with Crippen molar-refractivity contribution in [2.24, 2.45) is 0 Å². The summed E-state index contributed by atoms with van der Waals surface area (Å²) < 4.78 is 22.1. The Kier molecular flexibility index (Phi) is 5.76. The summed E-state index contributed by atoms with van der Waals surface area (Å²) in [6, 6.07) is 8.28. The molecule has 0 aliphatic heterocycles. The van der Waals surface area contributed by atoms with E-state index in [4.69, 9.17) is 9.72 Å². The Hall–Kier alpha value is -2.87. The van der Waals surface area contributed by atoms with Crippen LogP contribution >= 0.6 is 11.8 Å². The number of ether oxygens (including phenoxy) is 1. The van der Waals surface area contributed by atoms with Gasteiger partial charge in [-0.15, -0.1) is 11.8 Å². The number of hydrogen-bond acceptors (Lipinski definition) is 5. The van der Waals surface area contributed by atoms with Gasteiger partial charge in [0, 0.05) is 6.07 Å². The molecule has 0 bridgehead atoms. The van der Waals surface area contributed by atoms with E-state index < -0.39 is 5.82 Å². The fourth-order valence-electron chi connectivity index (χ4n) is 3.41. The number of H-pyrrole nitrogens is 1. The first kappa shape index (κ1) is 20.4. The van der Waals surface area contributed by atoms with Crippen LogP contribution in [-0.2, 0) is 0 Å². The highest BCUT2D eigenvalue weighted by Gasteiger charge is 2.20. The minimum absolute atomic E-state index is 0.226. The average molecular weight is 427 g/mol. The van der Waals surface area contributed by atoms with E-state index >= 15 is 0 Å². The molecular weight excluding hydrogens is 403 g/mol. The monoisotopic (exact) mass is 426 g/mol. The van der Waals surface area contributed by atoms with Crippen LogP contribution in [0.1, 0.15) is 32.4 Å². The largest absolute Gasteiger partial charge is 0.494 e. The molecule has 1 N–H and O–H groups in total. The predicted molar refractivity (Wildman–Crippen MR) is 118 cm³/mol. The van der Waals surface area contributed by atoms with E-state index in [-0.39, 0.29) is 11.2 Å². The van der Waals surface area contributed by atoms with Crippen LogP contribution in [0.5, 0.6) is 5.75 Å². The van der Waals surface area contributed by atoms with Crippen molar-refractivity contribution in [2.75, 3.05) is 12.4 Å². The lowest BCUT2D eigenvalue weighted by Crippen LogP contribution is -2.09. The lowest BCUT2D eigenvalue weighted by atomic mass is 10.2. The molecule has 3 heterocycles. The number of rotatable bonds is 7. The Bertz CT molecular complexity index is 1280. The molecule has 0 atom stereocenters. The molecule has 4 aromatic rings. The molecule has 0 amide bonds. The number of hydrogen-bond donors (Lipinski definition) is 1. The Morgan fingerprint density at radius 3 is 2.83 bits per heavy atom. The first-order valence-corrected chi connectivity index (χ1v) is 11.0. The summed E-state index contributed by atoms with van der Waals surface area (Å²) in [6.07, 6.45) is 1.92. The van der Waals surface area contributed by atoms with Crippen molar-refractivity contribution in [1.82, 2.24) is 19.7 Å². The number of benzene rings is 1. The van der Waals surface area contributed by atoms with Crippen molar-refractivity contribution in [1.29, 1.82) is 0 Å². The molecule has 156 valence electrons. The van der Waals surface area contributed by atoms with Crippen molar-refractivity contribution in [2.45, 2.75) is 38.6 Å². The zero-order chi connectivity index (χ0) is 21.3. The normalized spacial score (nSPS) is 11.5. The minimum atomic E-state index is -0.449. The number of halogens is 1. The molecular formula is C22H23FN4O2S. The zero-order valence-electron chi connectivity index (χ0n) is 17.2. The van der Waals surface area contributed by atoms with Gasteiger partial charge in [-0.25, -0.2) is 14.1 Å². The van der Waals surface area contributed by atoms with E-state index in [1.165, 1.54) is 10.7 Å². The van der Waals surface area contributed by atoms with Crippen molar-refractivity contribution < 1.29 is 9.13 Å². The lowest BCUT2D eigenvalue weighted by Gasteiger charge is -2.11. The van der Waals surface area contributed by atoms with E-state index in [9.17, 15) is 9.18 Å². The summed E-state index contributed by atoms with van der Waals surface area (Å²) in [5.41, 5.74) is 2.14. The first-order valence-electron chi connectivity index (χ1n) is 10.0. The van der Waals surface area contributed by atoms with Crippen LogP contribution in [0.15, 0.2) is 40.2 Å². The summed E-state index contributed by atoms with van der Waals surface area (Å²) in [5, 5.41) is 5.74. The standard InChI is InChI=1S/C22H23FN4O2S/c1-4-6-11-29-14-7-8-15(23)17(12-14)27-21-19(13(3)26-27)22(28)24-16-9-10-18(30-5-2)25-20(16)21/h7-10,12H,4-6,11H2,1-3H3,(H,24,28). The first-order chi connectivity index (χ1) is 14.5. The molecule has 0 radical (unpaired) electrons. The van der Waals surface area contributed by atoms with Gasteiger partial charge in [0.05, 0.1) is 28.2 Å². The van der Waals surface area contributed by atoms with Crippen LogP contribution in [0.2, 0.25) is 0 Å². The minimum Gasteiger partial charge on any atom is -0.494 e. The molecule has 0 spiro atoms. The maximum atomic E-state index is 14.9. The molecule has 30 heavy (non-hydrogen) atoms. The maximum Gasteiger partial charge on any atom is 0.259 e. The quantitative estimate of drug-likeness (QED) is 0.333. The van der Waals surface area contributed by atoms with Gasteiger partial charge in [0.15, 0.2) is 0 Å². The molecule has 4 rings (SSSR count). The topological polar surface area (TPSA) is 72.8 Å². The summed E-state index contributed by atoms with van der Waals surface area (Å²) in [5.74, 6) is 0.981. The van der Waals surface area contributed by atoms with Crippen LogP contribution in [0.3, 0.4) is 0 Å². The maximum absolute atomic E-state index is 14.9. The van der Waals surface area contributed by atoms with Crippen molar-refractivity contribution in [3.8, 4) is 11.4 Å². The van der Waals surface area contributed by atoms with Gasteiger partial charge in [0.25, 0.3) is 5.56 Å². The average Bonchev–Trinajstić information content (AvgIpc) is 3.08. The number of aryl methyl sites for hydroxylation is 1. The number of nitrogens with one attached hydrogen (secondary N) is 1. The second-order valence-electron chi connectivity index (χ2n) is 6.97. The van der Waals surface area contributed by atoms with Gasteiger partial charge in [-0.3, -0.25) is 4.79 Å². The Balaban J connectivity index is 1.97. The molecule has 0 saturated heterocycles. The lowest BCUT2D eigenvalue weighted by molar-refractivity contribution is 0.309. The Morgan fingerprint density at radius 2 is 2.07 bits per heavy atom. The predicted octanol–water partition coefficient (Wildman–Crippen LogP) is 5.00. The third-order valence-corrected chi connectivity index (χ3v) is 5.65. The molecule has 6 nitrogen and oxygen atoms in total. The van der Waals surface area contributed by atoms with Crippen LogP contribution < -0.4 is 10.3 Å². The van der Waals surface area contributed by atoms with Gasteiger partial charge in [0.1, 0.15) is 28.3 Å². The van der Waals surface area contributed by atoms with Crippen LogP contribution in [0.25, 0.3) is 27.6 Å². The van der Waals surface area contributed by atoms with Crippen molar-refractivity contribution in [3.05, 3.63) is 52.2 Å². The van der Waals surface area contributed by atoms with E-state index in [1.54, 1.807) is 30.8 Å². The second kappa shape index (κ2) is 8.47. The number of aromatic amines is 1. The third-order valence-electron chi connectivity index (χ3n) is 4.83. The number of aromatic nitrogens is 4. The smallest absolute Gasteiger partial charge is 0.259 e. The molecule has 0 aliphatic carbocycles. The van der Waals surface area contributed by atoms with Gasteiger partial charge in [-0.1, -0.05) is 20.3 Å². The van der Waals surface area contributed by atoms with Crippen molar-refractivity contribution in [3.63, 3.8) is 0 Å². The molecule has 0 unspecified atom stereocenters. The van der Waals surface area contributed by atoms with E-state index in [1.807, 2.05) is 19.1 Å². The van der Waals surface area contributed by atoms with Gasteiger partial charge in [0.2, 0.25) is 0 Å². The number of fused-ring (bicyclic) bond motifs is 3. The number of thioether (sulfide) groups is 1.